The van der Waals surface area contributed by atoms with Crippen LogP contribution in [0.3, 0.4) is 0 Å². The molecule has 3 heterocycles. The number of methoxy groups -OCH3 is 1. The summed E-state index contributed by atoms with van der Waals surface area (Å²) in [4.78, 5) is 38.2. The second kappa shape index (κ2) is 17.7. The van der Waals surface area contributed by atoms with E-state index in [9.17, 15) is 9.59 Å². The number of anilines is 1. The normalized spacial score (nSPS) is 13.0. The number of hydrogen-bond acceptors (Lipinski definition) is 10. The fourth-order valence-electron chi connectivity index (χ4n) is 5.08. The van der Waals surface area contributed by atoms with Crippen LogP contribution in [0.25, 0.3) is 16.8 Å². The van der Waals surface area contributed by atoms with Crippen LogP contribution in [0, 0.1) is 0 Å². The highest BCUT2D eigenvalue weighted by Crippen LogP contribution is 2.28. The van der Waals surface area contributed by atoms with Gasteiger partial charge in [0, 0.05) is 71.5 Å². The Morgan fingerprint density at radius 3 is 2.08 bits per heavy atom. The second-order valence-corrected chi connectivity index (χ2v) is 27.5. The van der Waals surface area contributed by atoms with Gasteiger partial charge in [-0.25, -0.2) is 19.6 Å². The molecule has 1 atom stereocenters. The first-order valence-electron chi connectivity index (χ1n) is 17.6. The summed E-state index contributed by atoms with van der Waals surface area (Å²) < 4.78 is 24.9. The van der Waals surface area contributed by atoms with Gasteiger partial charge in [-0.1, -0.05) is 52.3 Å². The average molecular weight is 729 g/mol. The SMILES string of the molecule is CC[C@H](CCc1cc(N(COCC[Si](C)(C)C)COCC[Si](C)(C)C)n2ncc(-c3ccc(C(=O)OC)nc3)c2n1)N(C)C(=O)OC(C)(C)C. The van der Waals surface area contributed by atoms with E-state index in [0.717, 1.165) is 41.1 Å². The van der Waals surface area contributed by atoms with Gasteiger partial charge in [0.1, 0.15) is 30.6 Å². The highest BCUT2D eigenvalue weighted by Gasteiger charge is 2.26. The molecule has 278 valence electrons. The summed E-state index contributed by atoms with van der Waals surface area (Å²) in [7, 11) is 0.553. The van der Waals surface area contributed by atoms with Crippen molar-refractivity contribution in [2.75, 3.05) is 45.7 Å². The Labute approximate surface area is 300 Å². The molecule has 0 unspecified atom stereocenters. The maximum atomic E-state index is 12.9. The van der Waals surface area contributed by atoms with E-state index < -0.39 is 27.7 Å². The van der Waals surface area contributed by atoms with E-state index >= 15 is 0 Å². The van der Waals surface area contributed by atoms with Gasteiger partial charge < -0.3 is 28.7 Å². The predicted molar refractivity (Wildman–Crippen MR) is 204 cm³/mol. The topological polar surface area (TPSA) is 121 Å². The number of fused-ring (bicyclic) bond motifs is 1. The van der Waals surface area contributed by atoms with Gasteiger partial charge in [-0.05, 0) is 58.2 Å². The molecule has 3 aromatic heterocycles. The maximum Gasteiger partial charge on any atom is 0.410 e. The van der Waals surface area contributed by atoms with E-state index in [2.05, 4.69) is 56.1 Å². The van der Waals surface area contributed by atoms with Crippen molar-refractivity contribution in [3.05, 3.63) is 42.0 Å². The molecule has 0 saturated carbocycles. The Morgan fingerprint density at radius 1 is 0.960 bits per heavy atom. The monoisotopic (exact) mass is 728 g/mol. The number of carbonyl (C=O) groups excluding carboxylic acids is 2. The zero-order valence-corrected chi connectivity index (χ0v) is 34.5. The van der Waals surface area contributed by atoms with Crippen molar-refractivity contribution in [2.45, 2.75) is 110 Å². The van der Waals surface area contributed by atoms with Crippen LogP contribution >= 0.6 is 0 Å². The Balaban J connectivity index is 2.04. The smallest absolute Gasteiger partial charge is 0.410 e. The zero-order chi connectivity index (χ0) is 37.3. The average Bonchev–Trinajstić information content (AvgIpc) is 3.45. The van der Waals surface area contributed by atoms with Crippen molar-refractivity contribution >= 4 is 39.7 Å². The molecule has 14 heteroatoms. The lowest BCUT2D eigenvalue weighted by molar-refractivity contribution is 0.0210. The van der Waals surface area contributed by atoms with Crippen LogP contribution < -0.4 is 4.90 Å². The van der Waals surface area contributed by atoms with Gasteiger partial charge in [0.15, 0.2) is 5.65 Å². The molecule has 12 nitrogen and oxygen atoms in total. The zero-order valence-electron chi connectivity index (χ0n) is 32.5. The summed E-state index contributed by atoms with van der Waals surface area (Å²) in [5.74, 6) is 0.296. The first-order chi connectivity index (χ1) is 23.3. The van der Waals surface area contributed by atoms with E-state index in [-0.39, 0.29) is 17.8 Å². The quantitative estimate of drug-likeness (QED) is 0.0561. The molecule has 1 amide bonds. The second-order valence-electron chi connectivity index (χ2n) is 16.3. The first kappa shape index (κ1) is 41.1. The number of aryl methyl sites for hydroxylation is 1. The summed E-state index contributed by atoms with van der Waals surface area (Å²) in [5.41, 5.74) is 2.67. The highest BCUT2D eigenvalue weighted by molar-refractivity contribution is 6.76. The summed E-state index contributed by atoms with van der Waals surface area (Å²) in [6, 6.07) is 7.57. The van der Waals surface area contributed by atoms with Crippen molar-refractivity contribution in [1.29, 1.82) is 0 Å². The molecule has 0 radical (unpaired) electrons. The lowest BCUT2D eigenvalue weighted by Gasteiger charge is -2.30. The van der Waals surface area contributed by atoms with Crippen molar-refractivity contribution in [2.24, 2.45) is 0 Å². The molecular weight excluding hydrogens is 669 g/mol. The molecule has 50 heavy (non-hydrogen) atoms. The molecular formula is C36H60N6O6Si2. The summed E-state index contributed by atoms with van der Waals surface area (Å²) in [6.45, 7) is 23.7. The predicted octanol–water partition coefficient (Wildman–Crippen LogP) is 7.59. The minimum absolute atomic E-state index is 0.0447. The number of nitrogens with zero attached hydrogens (tertiary/aromatic N) is 6. The fraction of sp³-hybridized carbons (Fsp3) is 0.639. The highest BCUT2D eigenvalue weighted by atomic mass is 28.3. The van der Waals surface area contributed by atoms with Crippen molar-refractivity contribution in [3.63, 3.8) is 0 Å². The molecule has 0 fully saturated rings. The molecule has 0 aliphatic heterocycles. The standard InChI is InChI=1S/C36H60N6O6Si2/c1-13-29(40(5)35(44)48-36(2,3)4)16-15-28-22-32(41(25-46-18-20-49(7,8)9)26-47-19-21-50(10,11)12)42-33(39-28)30(24-38-42)27-14-17-31(37-23-27)34(43)45-6/h14,17,22-24,29H,13,15-16,18-21,25-26H2,1-12H3/t29-/m1/s1. The minimum atomic E-state index is -1.29. The van der Waals surface area contributed by atoms with Crippen LogP contribution in [0.1, 0.15) is 56.7 Å². The molecule has 0 aliphatic carbocycles. The van der Waals surface area contributed by atoms with Gasteiger partial charge in [-0.2, -0.15) is 9.61 Å². The lowest BCUT2D eigenvalue weighted by atomic mass is 10.1. The summed E-state index contributed by atoms with van der Waals surface area (Å²) >= 11 is 0. The van der Waals surface area contributed by atoms with Crippen LogP contribution in [0.4, 0.5) is 10.6 Å². The number of carbonyl (C=O) groups is 2. The molecule has 0 bridgehead atoms. The van der Waals surface area contributed by atoms with Gasteiger partial charge in [0.25, 0.3) is 0 Å². The van der Waals surface area contributed by atoms with Gasteiger partial charge in [-0.15, -0.1) is 0 Å². The number of rotatable bonds is 18. The fourth-order valence-corrected chi connectivity index (χ4v) is 6.59. The van der Waals surface area contributed by atoms with E-state index in [1.165, 1.54) is 7.11 Å². The first-order valence-corrected chi connectivity index (χ1v) is 25.0. The molecule has 0 saturated heterocycles. The van der Waals surface area contributed by atoms with Crippen LogP contribution in [-0.2, 0) is 25.4 Å². The Morgan fingerprint density at radius 2 is 1.58 bits per heavy atom. The molecule has 0 N–H and O–H groups in total. The third-order valence-corrected chi connectivity index (χ3v) is 11.6. The largest absolute Gasteiger partial charge is 0.464 e. The van der Waals surface area contributed by atoms with Gasteiger partial charge >= 0.3 is 12.1 Å². The van der Waals surface area contributed by atoms with Crippen molar-refractivity contribution in [3.8, 4) is 11.1 Å². The molecule has 0 spiro atoms. The number of aromatic nitrogens is 4. The van der Waals surface area contributed by atoms with E-state index in [1.807, 2.05) is 37.4 Å². The lowest BCUT2D eigenvalue weighted by Crippen LogP contribution is -2.40. The third-order valence-electron chi connectivity index (χ3n) is 8.22. The number of amides is 1. The van der Waals surface area contributed by atoms with Crippen LogP contribution in [-0.4, -0.2) is 105 Å². The number of hydrogen-bond donors (Lipinski definition) is 0. The van der Waals surface area contributed by atoms with E-state index in [1.54, 1.807) is 30.4 Å². The minimum Gasteiger partial charge on any atom is -0.464 e. The van der Waals surface area contributed by atoms with E-state index in [0.29, 0.717) is 45.2 Å². The number of esters is 1. The van der Waals surface area contributed by atoms with Gasteiger partial charge in [-0.3, -0.25) is 0 Å². The van der Waals surface area contributed by atoms with E-state index in [4.69, 9.17) is 29.0 Å². The van der Waals surface area contributed by atoms with Crippen LogP contribution in [0.2, 0.25) is 51.4 Å². The molecule has 3 rings (SSSR count). The molecule has 0 aromatic carbocycles. The van der Waals surface area contributed by atoms with Crippen molar-refractivity contribution < 1.29 is 28.5 Å². The molecule has 0 aliphatic rings. The Kier molecular flexibility index (Phi) is 14.6. The Hall–Kier alpha value is -3.34. The maximum absolute atomic E-state index is 12.9. The van der Waals surface area contributed by atoms with Crippen LogP contribution in [0.5, 0.6) is 0 Å². The van der Waals surface area contributed by atoms with Crippen molar-refractivity contribution in [1.82, 2.24) is 24.5 Å². The number of pyridine rings is 1. The summed E-state index contributed by atoms with van der Waals surface area (Å²) in [5, 5.41) is 4.79. The summed E-state index contributed by atoms with van der Waals surface area (Å²) in [6.07, 6.45) is 5.13. The van der Waals surface area contributed by atoms with Crippen LogP contribution in [0.15, 0.2) is 30.6 Å². The van der Waals surface area contributed by atoms with Gasteiger partial charge in [0.05, 0.1) is 13.3 Å². The Bertz CT molecular complexity index is 1520. The number of ether oxygens (including phenoxy) is 4. The third kappa shape index (κ3) is 12.8. The van der Waals surface area contributed by atoms with Gasteiger partial charge in [0.2, 0.25) is 0 Å². The molecule has 3 aromatic rings.